The zero-order chi connectivity index (χ0) is 26.1. The minimum absolute atomic E-state index is 0.0234. The Hall–Kier alpha value is -2.86. The Morgan fingerprint density at radius 3 is 2.62 bits per heavy atom. The molecule has 6 rings (SSSR count). The normalized spacial score (nSPS) is 17.8. The van der Waals surface area contributed by atoms with Gasteiger partial charge in [-0.3, -0.25) is 0 Å². The monoisotopic (exact) mass is 547 g/mol. The van der Waals surface area contributed by atoms with Gasteiger partial charge in [-0.25, -0.2) is 13.8 Å². The molecule has 37 heavy (non-hydrogen) atoms. The summed E-state index contributed by atoms with van der Waals surface area (Å²) in [6, 6.07) is 4.45. The highest BCUT2D eigenvalue weighted by Gasteiger charge is 2.24. The standard InChI is InChI=1S/C20H17ClF2N6OS.C5H11N/c1-30-20-28-15-10(18(29-20)26-8-4-5-25-7-8)6-11(21)13(14(15)23)9-2-3-12(22)17-16(9)27-19(24)31-17;1-6-4-2-3-5-6/h2-3,6,8,25H,4-5,7H2,1H3,(H2,24,27)(H,26,28,29);2-5H2,1H3. The largest absolute Gasteiger partial charge is 0.467 e. The predicted molar refractivity (Wildman–Crippen MR) is 146 cm³/mol. The van der Waals surface area contributed by atoms with E-state index in [9.17, 15) is 4.39 Å². The molecular formula is C25H28ClF2N7OS. The summed E-state index contributed by atoms with van der Waals surface area (Å²) in [5.74, 6) is -0.716. The zero-order valence-corrected chi connectivity index (χ0v) is 22.1. The van der Waals surface area contributed by atoms with Crippen molar-refractivity contribution in [2.75, 3.05) is 51.4 Å². The summed E-state index contributed by atoms with van der Waals surface area (Å²) in [4.78, 5) is 15.1. The van der Waals surface area contributed by atoms with Crippen LogP contribution in [0.15, 0.2) is 18.2 Å². The summed E-state index contributed by atoms with van der Waals surface area (Å²) in [7, 11) is 3.59. The van der Waals surface area contributed by atoms with E-state index >= 15 is 4.39 Å². The summed E-state index contributed by atoms with van der Waals surface area (Å²) >= 11 is 7.53. The number of methoxy groups -OCH3 is 1. The molecule has 1 unspecified atom stereocenters. The highest BCUT2D eigenvalue weighted by atomic mass is 35.5. The van der Waals surface area contributed by atoms with Gasteiger partial charge < -0.3 is 26.0 Å². The van der Waals surface area contributed by atoms with Crippen LogP contribution in [0.3, 0.4) is 0 Å². The second-order valence-electron chi connectivity index (χ2n) is 9.17. The number of nitrogens with two attached hydrogens (primary N) is 1. The maximum absolute atomic E-state index is 15.8. The second-order valence-corrected chi connectivity index (χ2v) is 10.6. The van der Waals surface area contributed by atoms with Crippen molar-refractivity contribution < 1.29 is 13.5 Å². The van der Waals surface area contributed by atoms with Gasteiger partial charge in [-0.15, -0.1) is 0 Å². The van der Waals surface area contributed by atoms with Gasteiger partial charge in [0.1, 0.15) is 17.2 Å². The van der Waals surface area contributed by atoms with Crippen LogP contribution in [0.4, 0.5) is 19.7 Å². The lowest BCUT2D eigenvalue weighted by Gasteiger charge is -2.17. The smallest absolute Gasteiger partial charge is 0.318 e. The molecule has 196 valence electrons. The van der Waals surface area contributed by atoms with Crippen LogP contribution in [0.5, 0.6) is 6.01 Å². The Morgan fingerprint density at radius 1 is 1.19 bits per heavy atom. The Kier molecular flexibility index (Phi) is 7.57. The number of hydrogen-bond acceptors (Lipinski definition) is 9. The van der Waals surface area contributed by atoms with Gasteiger partial charge >= 0.3 is 6.01 Å². The van der Waals surface area contributed by atoms with E-state index in [1.807, 2.05) is 0 Å². The summed E-state index contributed by atoms with van der Waals surface area (Å²) < 4.78 is 35.5. The van der Waals surface area contributed by atoms with Gasteiger partial charge in [-0.1, -0.05) is 22.9 Å². The number of nitrogen functional groups attached to an aromatic ring is 1. The van der Waals surface area contributed by atoms with Crippen molar-refractivity contribution in [1.82, 2.24) is 25.2 Å². The zero-order valence-electron chi connectivity index (χ0n) is 20.6. The van der Waals surface area contributed by atoms with Crippen molar-refractivity contribution in [3.05, 3.63) is 34.9 Å². The summed E-state index contributed by atoms with van der Waals surface area (Å²) in [5.41, 5.74) is 6.47. The fourth-order valence-electron chi connectivity index (χ4n) is 4.66. The van der Waals surface area contributed by atoms with Gasteiger partial charge in [0.2, 0.25) is 0 Å². The topological polar surface area (TPSA) is 101 Å². The molecule has 8 nitrogen and oxygen atoms in total. The fraction of sp³-hybridized carbons (Fsp3) is 0.400. The first-order chi connectivity index (χ1) is 17.9. The fourth-order valence-corrected chi connectivity index (χ4v) is 5.72. The minimum Gasteiger partial charge on any atom is -0.467 e. The number of nitrogens with zero attached hydrogens (tertiary/aromatic N) is 4. The van der Waals surface area contributed by atoms with E-state index in [0.717, 1.165) is 30.8 Å². The molecule has 2 aliphatic heterocycles. The molecule has 0 saturated carbocycles. The number of aromatic nitrogens is 3. The average Bonchev–Trinajstić information content (AvgIpc) is 3.64. The van der Waals surface area contributed by atoms with Crippen LogP contribution >= 0.6 is 22.9 Å². The molecule has 0 aliphatic carbocycles. The molecule has 0 bridgehead atoms. The van der Waals surface area contributed by atoms with Gasteiger partial charge in [-0.05, 0) is 64.1 Å². The van der Waals surface area contributed by atoms with Gasteiger partial charge in [0, 0.05) is 29.1 Å². The number of anilines is 2. The third-order valence-corrected chi connectivity index (χ3v) is 7.75. The van der Waals surface area contributed by atoms with Crippen LogP contribution in [0.2, 0.25) is 5.02 Å². The quantitative estimate of drug-likeness (QED) is 0.331. The molecule has 0 radical (unpaired) electrons. The van der Waals surface area contributed by atoms with E-state index in [4.69, 9.17) is 22.1 Å². The van der Waals surface area contributed by atoms with E-state index in [-0.39, 0.29) is 43.5 Å². The first-order valence-electron chi connectivity index (χ1n) is 12.1. The number of likely N-dealkylation sites (tertiary alicyclic amines) is 1. The van der Waals surface area contributed by atoms with Crippen LogP contribution in [0, 0.1) is 11.6 Å². The maximum atomic E-state index is 15.8. The molecule has 4 N–H and O–H groups in total. The summed E-state index contributed by atoms with van der Waals surface area (Å²) in [5, 5.41) is 7.32. The van der Waals surface area contributed by atoms with E-state index < -0.39 is 11.6 Å². The molecule has 12 heteroatoms. The SMILES string of the molecule is CN1CCCC1.COc1nc(NC2CCNC2)c2cc(Cl)c(-c3ccc(F)c4sc(N)nc34)c(F)c2n1. The third kappa shape index (κ3) is 5.26. The lowest BCUT2D eigenvalue weighted by atomic mass is 10.0. The van der Waals surface area contributed by atoms with E-state index in [0.29, 0.717) is 16.8 Å². The molecule has 2 aliphatic rings. The summed E-state index contributed by atoms with van der Waals surface area (Å²) in [6.45, 7) is 4.29. The van der Waals surface area contributed by atoms with Gasteiger partial charge in [0.05, 0.1) is 22.3 Å². The van der Waals surface area contributed by atoms with Crippen LogP contribution in [-0.2, 0) is 0 Å². The molecule has 4 aromatic rings. The maximum Gasteiger partial charge on any atom is 0.318 e. The van der Waals surface area contributed by atoms with Crippen molar-refractivity contribution in [2.45, 2.75) is 25.3 Å². The van der Waals surface area contributed by atoms with Crippen LogP contribution in [0.1, 0.15) is 19.3 Å². The lowest BCUT2D eigenvalue weighted by Crippen LogP contribution is -2.23. The predicted octanol–water partition coefficient (Wildman–Crippen LogP) is 4.91. The second kappa shape index (κ2) is 10.9. The number of hydrogen-bond donors (Lipinski definition) is 3. The van der Waals surface area contributed by atoms with Gasteiger partial charge in [0.15, 0.2) is 10.9 Å². The molecule has 2 aromatic heterocycles. The Balaban J connectivity index is 0.000000412. The first kappa shape index (κ1) is 25.8. The number of thiazole rings is 1. The lowest BCUT2D eigenvalue weighted by molar-refractivity contribution is 0.382. The van der Waals surface area contributed by atoms with Crippen molar-refractivity contribution in [3.8, 4) is 17.1 Å². The first-order valence-corrected chi connectivity index (χ1v) is 13.3. The Labute approximate surface area is 222 Å². The Morgan fingerprint density at radius 2 is 1.97 bits per heavy atom. The van der Waals surface area contributed by atoms with Crippen LogP contribution in [-0.4, -0.2) is 66.2 Å². The van der Waals surface area contributed by atoms with E-state index in [1.54, 1.807) is 6.07 Å². The molecule has 0 amide bonds. The number of benzene rings is 2. The summed E-state index contributed by atoms with van der Waals surface area (Å²) in [6.07, 6.45) is 3.73. The van der Waals surface area contributed by atoms with Crippen molar-refractivity contribution >= 4 is 55.0 Å². The molecule has 2 saturated heterocycles. The average molecular weight is 548 g/mol. The molecule has 0 spiro atoms. The molecule has 2 fully saturated rings. The van der Waals surface area contributed by atoms with Gasteiger partial charge in [-0.2, -0.15) is 9.97 Å². The number of nitrogens with one attached hydrogen (secondary N) is 2. The molecular weight excluding hydrogens is 520 g/mol. The highest BCUT2D eigenvalue weighted by molar-refractivity contribution is 7.22. The molecule has 1 atom stereocenters. The number of fused-ring (bicyclic) bond motifs is 2. The van der Waals surface area contributed by atoms with Crippen molar-refractivity contribution in [3.63, 3.8) is 0 Å². The Bertz CT molecular complexity index is 1440. The van der Waals surface area contributed by atoms with Gasteiger partial charge in [0.25, 0.3) is 0 Å². The number of halogens is 3. The van der Waals surface area contributed by atoms with E-state index in [2.05, 4.69) is 37.5 Å². The molecule has 2 aromatic carbocycles. The van der Waals surface area contributed by atoms with Crippen LogP contribution in [0.25, 0.3) is 32.2 Å². The van der Waals surface area contributed by atoms with Crippen molar-refractivity contribution in [2.24, 2.45) is 0 Å². The number of rotatable bonds is 4. The van der Waals surface area contributed by atoms with Crippen molar-refractivity contribution in [1.29, 1.82) is 0 Å². The molecule has 4 heterocycles. The highest BCUT2D eigenvalue weighted by Crippen LogP contribution is 2.42. The number of ether oxygens (including phenoxy) is 1. The third-order valence-electron chi connectivity index (χ3n) is 6.56. The minimum atomic E-state index is -0.671. The van der Waals surface area contributed by atoms with Crippen LogP contribution < -0.4 is 21.1 Å². The van der Waals surface area contributed by atoms with E-state index in [1.165, 1.54) is 45.2 Å².